The summed E-state index contributed by atoms with van der Waals surface area (Å²) in [5, 5.41) is 13.4. The molecule has 0 fully saturated rings. The highest BCUT2D eigenvalue weighted by molar-refractivity contribution is 7.98. The van der Waals surface area contributed by atoms with Gasteiger partial charge in [0.15, 0.2) is 5.16 Å². The monoisotopic (exact) mass is 455 g/mol. The lowest BCUT2D eigenvalue weighted by Crippen LogP contribution is -2.32. The molecule has 4 rings (SSSR count). The van der Waals surface area contributed by atoms with Crippen LogP contribution in [0.25, 0.3) is 16.7 Å². The first kappa shape index (κ1) is 21.4. The van der Waals surface area contributed by atoms with E-state index in [0.717, 1.165) is 11.1 Å². The molecule has 0 aliphatic carbocycles. The lowest BCUT2D eigenvalue weighted by Gasteiger charge is -2.12. The molecule has 2 aromatic heterocycles. The van der Waals surface area contributed by atoms with Gasteiger partial charge in [0.2, 0.25) is 11.7 Å². The van der Waals surface area contributed by atoms with E-state index in [0.29, 0.717) is 27.1 Å². The lowest BCUT2D eigenvalue weighted by atomic mass is 10.2. The molecule has 0 radical (unpaired) electrons. The molecule has 4 aromatic rings. The van der Waals surface area contributed by atoms with Crippen molar-refractivity contribution in [2.45, 2.75) is 43.8 Å². The summed E-state index contributed by atoms with van der Waals surface area (Å²) in [5.74, 6) is 0.925. The summed E-state index contributed by atoms with van der Waals surface area (Å²) in [6.45, 7) is 4.03. The second kappa shape index (κ2) is 9.11. The molecular weight excluding hydrogens is 434 g/mol. The highest BCUT2D eigenvalue weighted by Crippen LogP contribution is 2.27. The highest BCUT2D eigenvalue weighted by atomic mass is 35.5. The number of thioether (sulfide) groups is 1. The van der Waals surface area contributed by atoms with Crippen LogP contribution in [0.5, 0.6) is 0 Å². The number of para-hydroxylation sites is 1. The number of aryl methyl sites for hydroxylation is 1. The Morgan fingerprint density at radius 3 is 2.65 bits per heavy atom. The summed E-state index contributed by atoms with van der Waals surface area (Å²) >= 11 is 7.79. The fraction of sp³-hybridized carbons (Fsp3) is 0.273. The first-order chi connectivity index (χ1) is 15.0. The van der Waals surface area contributed by atoms with Gasteiger partial charge < -0.3 is 5.32 Å². The molecule has 0 bridgehead atoms. The number of hydrogen-bond donors (Lipinski definition) is 1. The van der Waals surface area contributed by atoms with Crippen molar-refractivity contribution < 1.29 is 4.79 Å². The van der Waals surface area contributed by atoms with Gasteiger partial charge in [-0.25, -0.2) is 0 Å². The van der Waals surface area contributed by atoms with Gasteiger partial charge in [-0.05, 0) is 37.6 Å². The normalized spacial score (nSPS) is 11.5. The third kappa shape index (κ3) is 4.45. The van der Waals surface area contributed by atoms with Gasteiger partial charge in [0.1, 0.15) is 0 Å². The highest BCUT2D eigenvalue weighted by Gasteiger charge is 2.18. The zero-order valence-electron chi connectivity index (χ0n) is 17.2. The number of halogens is 1. The van der Waals surface area contributed by atoms with Crippen LogP contribution in [0.4, 0.5) is 0 Å². The Bertz CT molecular complexity index is 1310. The maximum atomic E-state index is 13.1. The van der Waals surface area contributed by atoms with Gasteiger partial charge in [0.05, 0.1) is 10.9 Å². The molecule has 1 N–H and O–H groups in total. The summed E-state index contributed by atoms with van der Waals surface area (Å²) in [6, 6.07) is 15.1. The number of fused-ring (bicyclic) bond motifs is 3. The maximum absolute atomic E-state index is 13.1. The van der Waals surface area contributed by atoms with Gasteiger partial charge in [-0.3, -0.25) is 18.6 Å². The third-order valence-electron chi connectivity index (χ3n) is 4.80. The molecule has 0 atom stereocenters. The van der Waals surface area contributed by atoms with Crippen LogP contribution in [-0.4, -0.2) is 31.1 Å². The quantitative estimate of drug-likeness (QED) is 0.427. The van der Waals surface area contributed by atoms with Gasteiger partial charge in [-0.15, -0.1) is 10.2 Å². The molecule has 160 valence electrons. The first-order valence-electron chi connectivity index (χ1n) is 9.98. The molecule has 0 aliphatic heterocycles. The van der Waals surface area contributed by atoms with Crippen LogP contribution in [-0.2, 0) is 17.1 Å². The van der Waals surface area contributed by atoms with Crippen molar-refractivity contribution in [2.24, 2.45) is 0 Å². The summed E-state index contributed by atoms with van der Waals surface area (Å²) in [7, 11) is 0. The van der Waals surface area contributed by atoms with Crippen molar-refractivity contribution in [2.75, 3.05) is 0 Å². The predicted molar refractivity (Wildman–Crippen MR) is 124 cm³/mol. The van der Waals surface area contributed by atoms with E-state index in [4.69, 9.17) is 11.6 Å². The largest absolute Gasteiger partial charge is 0.354 e. The average molecular weight is 456 g/mol. The van der Waals surface area contributed by atoms with Crippen molar-refractivity contribution in [1.82, 2.24) is 24.5 Å². The van der Waals surface area contributed by atoms with Crippen molar-refractivity contribution in [3.63, 3.8) is 0 Å². The van der Waals surface area contributed by atoms with Crippen LogP contribution in [0.15, 0.2) is 58.5 Å². The lowest BCUT2D eigenvalue weighted by molar-refractivity contribution is -0.121. The Kier molecular flexibility index (Phi) is 6.29. The molecule has 0 aliphatic rings. The van der Waals surface area contributed by atoms with E-state index in [1.54, 1.807) is 6.07 Å². The fourth-order valence-electron chi connectivity index (χ4n) is 3.39. The number of benzene rings is 2. The fourth-order valence-corrected chi connectivity index (χ4v) is 4.62. The van der Waals surface area contributed by atoms with Crippen LogP contribution < -0.4 is 10.9 Å². The molecule has 31 heavy (non-hydrogen) atoms. The predicted octanol–water partition coefficient (Wildman–Crippen LogP) is 3.90. The molecule has 9 heteroatoms. The smallest absolute Gasteiger partial charge is 0.262 e. The Morgan fingerprint density at radius 2 is 1.87 bits per heavy atom. The van der Waals surface area contributed by atoms with Gasteiger partial charge in [-0.1, -0.05) is 53.7 Å². The Morgan fingerprint density at radius 1 is 1.13 bits per heavy atom. The van der Waals surface area contributed by atoms with E-state index in [1.165, 1.54) is 16.3 Å². The molecular formula is C22H22ClN5O2S. The number of nitrogens with zero attached hydrogens (tertiary/aromatic N) is 4. The second-order valence-electron chi connectivity index (χ2n) is 7.44. The minimum absolute atomic E-state index is 0.0433. The summed E-state index contributed by atoms with van der Waals surface area (Å²) < 4.78 is 3.40. The molecule has 2 heterocycles. The van der Waals surface area contributed by atoms with Crippen LogP contribution in [0.1, 0.15) is 25.8 Å². The molecule has 2 aromatic carbocycles. The van der Waals surface area contributed by atoms with E-state index in [-0.39, 0.29) is 30.5 Å². The summed E-state index contributed by atoms with van der Waals surface area (Å²) in [6.07, 6.45) is 0.182. The Balaban J connectivity index is 1.74. The van der Waals surface area contributed by atoms with Gasteiger partial charge in [0.25, 0.3) is 5.56 Å². The van der Waals surface area contributed by atoms with Crippen molar-refractivity contribution in [3.05, 3.63) is 69.5 Å². The van der Waals surface area contributed by atoms with E-state index in [1.807, 2.05) is 60.7 Å². The number of aromatic nitrogens is 4. The standard InChI is InChI=1S/C22H22ClN5O2S/c1-14(2)24-19(29)11-12-27-20(30)16-8-4-6-10-18(16)28-21(27)25-26-22(28)31-13-15-7-3-5-9-17(15)23/h3-10,14H,11-13H2,1-2H3,(H,24,29). The van der Waals surface area contributed by atoms with Crippen molar-refractivity contribution in [3.8, 4) is 0 Å². The number of rotatable bonds is 7. The summed E-state index contributed by atoms with van der Waals surface area (Å²) in [5.41, 5.74) is 1.54. The number of amides is 1. The van der Waals surface area contributed by atoms with Crippen molar-refractivity contribution in [1.29, 1.82) is 0 Å². The molecule has 7 nitrogen and oxygen atoms in total. The van der Waals surface area contributed by atoms with Crippen molar-refractivity contribution >= 4 is 46.0 Å². The molecule has 0 spiro atoms. The zero-order valence-corrected chi connectivity index (χ0v) is 18.8. The van der Waals surface area contributed by atoms with Gasteiger partial charge in [0, 0.05) is 29.8 Å². The third-order valence-corrected chi connectivity index (χ3v) is 6.15. The van der Waals surface area contributed by atoms with Crippen LogP contribution >= 0.6 is 23.4 Å². The molecule has 0 saturated heterocycles. The Hall–Kier alpha value is -2.84. The topological polar surface area (TPSA) is 81.3 Å². The number of hydrogen-bond acceptors (Lipinski definition) is 5. The van der Waals surface area contributed by atoms with Crippen LogP contribution in [0, 0.1) is 0 Å². The van der Waals surface area contributed by atoms with Crippen LogP contribution in [0.3, 0.4) is 0 Å². The van der Waals surface area contributed by atoms with Gasteiger partial charge in [-0.2, -0.15) is 0 Å². The molecule has 1 amide bonds. The zero-order chi connectivity index (χ0) is 22.0. The minimum Gasteiger partial charge on any atom is -0.354 e. The maximum Gasteiger partial charge on any atom is 0.262 e. The average Bonchev–Trinajstić information content (AvgIpc) is 3.16. The number of carbonyl (C=O) groups excluding carboxylic acids is 1. The molecule has 0 saturated carbocycles. The van der Waals surface area contributed by atoms with E-state index in [9.17, 15) is 9.59 Å². The summed E-state index contributed by atoms with van der Waals surface area (Å²) in [4.78, 5) is 25.3. The van der Waals surface area contributed by atoms with E-state index >= 15 is 0 Å². The first-order valence-corrected chi connectivity index (χ1v) is 11.3. The van der Waals surface area contributed by atoms with E-state index in [2.05, 4.69) is 15.5 Å². The van der Waals surface area contributed by atoms with Crippen LogP contribution in [0.2, 0.25) is 5.02 Å². The second-order valence-corrected chi connectivity index (χ2v) is 8.79. The minimum atomic E-state index is -0.185. The Labute approximate surface area is 188 Å². The number of nitrogens with one attached hydrogen (secondary N) is 1. The van der Waals surface area contributed by atoms with E-state index < -0.39 is 0 Å². The number of carbonyl (C=O) groups is 1. The molecule has 0 unspecified atom stereocenters. The van der Waals surface area contributed by atoms with Gasteiger partial charge >= 0.3 is 0 Å². The SMILES string of the molecule is CC(C)NC(=O)CCn1c(=O)c2ccccc2n2c(SCc3ccccc3Cl)nnc12.